The van der Waals surface area contributed by atoms with Crippen LogP contribution in [0.5, 0.6) is 5.75 Å². The van der Waals surface area contributed by atoms with Crippen molar-refractivity contribution < 1.29 is 19.1 Å². The maximum absolute atomic E-state index is 12.3. The highest BCUT2D eigenvalue weighted by atomic mass is 79.9. The number of cyclic esters (lactones) is 1. The summed E-state index contributed by atoms with van der Waals surface area (Å²) in [5.74, 6) is -0.396. The average molecular weight is 527 g/mol. The van der Waals surface area contributed by atoms with Crippen LogP contribution in [-0.2, 0) is 9.53 Å². The number of nitrogens with zero attached hydrogens (tertiary/aromatic N) is 1. The molecule has 4 rings (SSSR count). The lowest BCUT2D eigenvalue weighted by molar-refractivity contribution is -0.129. The fourth-order valence-electron chi connectivity index (χ4n) is 2.76. The second kappa shape index (κ2) is 8.77. The molecule has 30 heavy (non-hydrogen) atoms. The summed E-state index contributed by atoms with van der Waals surface area (Å²) < 4.78 is 11.9. The number of aliphatic imine (C=N–C) groups is 1. The van der Waals surface area contributed by atoms with E-state index in [0.717, 1.165) is 5.56 Å². The van der Waals surface area contributed by atoms with E-state index in [2.05, 4.69) is 36.9 Å². The van der Waals surface area contributed by atoms with Crippen LogP contribution in [0.25, 0.3) is 6.08 Å². The molecule has 1 heterocycles. The van der Waals surface area contributed by atoms with Crippen molar-refractivity contribution >= 4 is 55.8 Å². The van der Waals surface area contributed by atoms with Crippen LogP contribution in [-0.4, -0.2) is 17.8 Å². The molecule has 3 aromatic carbocycles. The van der Waals surface area contributed by atoms with Crippen molar-refractivity contribution in [2.24, 2.45) is 4.99 Å². The Hall–Kier alpha value is -3.03. The van der Waals surface area contributed by atoms with Crippen LogP contribution in [0.15, 0.2) is 92.4 Å². The topological polar surface area (TPSA) is 65.0 Å². The zero-order chi connectivity index (χ0) is 21.1. The third-order valence-corrected chi connectivity index (χ3v) is 5.35. The number of esters is 2. The maximum Gasteiger partial charge on any atom is 0.363 e. The second-order valence-electron chi connectivity index (χ2n) is 6.27. The van der Waals surface area contributed by atoms with Gasteiger partial charge in [-0.15, -0.1) is 0 Å². The lowest BCUT2D eigenvalue weighted by Crippen LogP contribution is -2.09. The van der Waals surface area contributed by atoms with E-state index < -0.39 is 11.9 Å². The van der Waals surface area contributed by atoms with Gasteiger partial charge in [0.25, 0.3) is 0 Å². The molecule has 0 fully saturated rings. The molecule has 1 aliphatic heterocycles. The minimum absolute atomic E-state index is 0.182. The molecular formula is C23H13Br2NO4. The van der Waals surface area contributed by atoms with E-state index in [1.807, 2.05) is 36.4 Å². The zero-order valence-electron chi connectivity index (χ0n) is 15.3. The number of carbonyl (C=O) groups excluding carboxylic acids is 2. The summed E-state index contributed by atoms with van der Waals surface area (Å²) in [5.41, 5.74) is 2.03. The van der Waals surface area contributed by atoms with Gasteiger partial charge in [0.2, 0.25) is 5.90 Å². The molecule has 0 aromatic heterocycles. The standard InChI is InChI=1S/C23H13Br2NO4/c24-17-11-14(12-18(25)20(17)29-22(27)16-9-5-2-6-10-16)13-19-23(28)30-21(26-19)15-7-3-1-4-8-15/h1-13H/b19-13-. The summed E-state index contributed by atoms with van der Waals surface area (Å²) in [5, 5.41) is 0. The van der Waals surface area contributed by atoms with E-state index in [-0.39, 0.29) is 11.6 Å². The molecule has 0 amide bonds. The van der Waals surface area contributed by atoms with Gasteiger partial charge in [-0.25, -0.2) is 14.6 Å². The van der Waals surface area contributed by atoms with E-state index in [0.29, 0.717) is 25.8 Å². The molecule has 148 valence electrons. The Morgan fingerprint density at radius 2 is 1.53 bits per heavy atom. The summed E-state index contributed by atoms with van der Waals surface area (Å²) in [6.45, 7) is 0. The van der Waals surface area contributed by atoms with E-state index in [1.165, 1.54) is 0 Å². The summed E-state index contributed by atoms with van der Waals surface area (Å²) in [6, 6.07) is 21.4. The van der Waals surface area contributed by atoms with Gasteiger partial charge in [0.15, 0.2) is 11.4 Å². The van der Waals surface area contributed by atoms with Gasteiger partial charge in [0.05, 0.1) is 14.5 Å². The molecule has 0 spiro atoms. The summed E-state index contributed by atoms with van der Waals surface area (Å²) in [7, 11) is 0. The van der Waals surface area contributed by atoms with Crippen LogP contribution < -0.4 is 4.74 Å². The molecule has 5 nitrogen and oxygen atoms in total. The minimum atomic E-state index is -0.527. The van der Waals surface area contributed by atoms with Gasteiger partial charge in [0, 0.05) is 5.56 Å². The second-order valence-corrected chi connectivity index (χ2v) is 7.98. The third kappa shape index (κ3) is 4.42. The quantitative estimate of drug-likeness (QED) is 0.246. The Kier molecular flexibility index (Phi) is 5.92. The van der Waals surface area contributed by atoms with Gasteiger partial charge in [-0.2, -0.15) is 0 Å². The predicted molar refractivity (Wildman–Crippen MR) is 120 cm³/mol. The molecule has 0 saturated carbocycles. The number of carbonyl (C=O) groups is 2. The van der Waals surface area contributed by atoms with Crippen molar-refractivity contribution in [1.82, 2.24) is 0 Å². The fraction of sp³-hybridized carbons (Fsp3) is 0. The van der Waals surface area contributed by atoms with Gasteiger partial charge in [-0.05, 0) is 79.9 Å². The van der Waals surface area contributed by atoms with E-state index >= 15 is 0 Å². The maximum atomic E-state index is 12.3. The number of hydrogen-bond donors (Lipinski definition) is 0. The lowest BCUT2D eigenvalue weighted by Gasteiger charge is -2.10. The van der Waals surface area contributed by atoms with Crippen LogP contribution in [0.4, 0.5) is 0 Å². The predicted octanol–water partition coefficient (Wildman–Crippen LogP) is 5.78. The summed E-state index contributed by atoms with van der Waals surface area (Å²) >= 11 is 6.85. The SMILES string of the molecule is O=C1OC(c2ccccc2)=N/C1=C\c1cc(Br)c(OC(=O)c2ccccc2)c(Br)c1. The monoisotopic (exact) mass is 525 g/mol. The van der Waals surface area contributed by atoms with E-state index in [1.54, 1.807) is 42.5 Å². The van der Waals surface area contributed by atoms with Crippen molar-refractivity contribution in [3.63, 3.8) is 0 Å². The molecular weight excluding hydrogens is 514 g/mol. The van der Waals surface area contributed by atoms with Crippen molar-refractivity contribution in [1.29, 1.82) is 0 Å². The fourth-order valence-corrected chi connectivity index (χ4v) is 4.14. The lowest BCUT2D eigenvalue weighted by atomic mass is 10.2. The molecule has 0 bridgehead atoms. The van der Waals surface area contributed by atoms with Gasteiger partial charge < -0.3 is 9.47 Å². The Morgan fingerprint density at radius 3 is 2.17 bits per heavy atom. The first-order valence-corrected chi connectivity index (χ1v) is 10.4. The molecule has 0 saturated heterocycles. The first-order chi connectivity index (χ1) is 14.5. The molecule has 0 unspecified atom stereocenters. The summed E-state index contributed by atoms with van der Waals surface area (Å²) in [4.78, 5) is 28.8. The van der Waals surface area contributed by atoms with Crippen LogP contribution in [0, 0.1) is 0 Å². The number of benzene rings is 3. The van der Waals surface area contributed by atoms with Gasteiger partial charge >= 0.3 is 11.9 Å². The Labute approximate surface area is 189 Å². The van der Waals surface area contributed by atoms with Crippen LogP contribution in [0.2, 0.25) is 0 Å². The first-order valence-electron chi connectivity index (χ1n) is 8.85. The third-order valence-electron chi connectivity index (χ3n) is 4.17. The largest absolute Gasteiger partial charge is 0.421 e. The van der Waals surface area contributed by atoms with E-state index in [9.17, 15) is 9.59 Å². The summed E-state index contributed by atoms with van der Waals surface area (Å²) in [6.07, 6.45) is 1.61. The Balaban J connectivity index is 1.60. The smallest absolute Gasteiger partial charge is 0.363 e. The molecule has 1 aliphatic rings. The molecule has 7 heteroatoms. The average Bonchev–Trinajstić information content (AvgIpc) is 3.12. The van der Waals surface area contributed by atoms with E-state index in [4.69, 9.17) is 9.47 Å². The number of halogens is 2. The van der Waals surface area contributed by atoms with Crippen molar-refractivity contribution in [3.05, 3.63) is 104 Å². The Morgan fingerprint density at radius 1 is 0.933 bits per heavy atom. The molecule has 0 aliphatic carbocycles. The van der Waals surface area contributed by atoms with Crippen molar-refractivity contribution in [2.75, 3.05) is 0 Å². The van der Waals surface area contributed by atoms with Crippen LogP contribution >= 0.6 is 31.9 Å². The highest BCUT2D eigenvalue weighted by molar-refractivity contribution is 9.11. The molecule has 0 radical (unpaired) electrons. The molecule has 0 atom stereocenters. The number of rotatable bonds is 4. The number of hydrogen-bond acceptors (Lipinski definition) is 5. The molecule has 0 N–H and O–H groups in total. The highest BCUT2D eigenvalue weighted by Gasteiger charge is 2.24. The zero-order valence-corrected chi connectivity index (χ0v) is 18.5. The molecule has 3 aromatic rings. The van der Waals surface area contributed by atoms with Crippen molar-refractivity contribution in [2.45, 2.75) is 0 Å². The Bertz CT molecular complexity index is 1170. The first kappa shape index (κ1) is 20.3. The van der Waals surface area contributed by atoms with Crippen molar-refractivity contribution in [3.8, 4) is 5.75 Å². The van der Waals surface area contributed by atoms with Gasteiger partial charge in [-0.1, -0.05) is 36.4 Å². The normalized spacial score (nSPS) is 14.4. The van der Waals surface area contributed by atoms with Crippen LogP contribution in [0.1, 0.15) is 21.5 Å². The van der Waals surface area contributed by atoms with Crippen LogP contribution in [0.3, 0.4) is 0 Å². The van der Waals surface area contributed by atoms with Gasteiger partial charge in [0.1, 0.15) is 0 Å². The minimum Gasteiger partial charge on any atom is -0.421 e. The highest BCUT2D eigenvalue weighted by Crippen LogP contribution is 2.36. The number of ether oxygens (including phenoxy) is 2. The van der Waals surface area contributed by atoms with Gasteiger partial charge in [-0.3, -0.25) is 0 Å².